The molecule has 9 rings (SSSR count). The van der Waals surface area contributed by atoms with E-state index in [2.05, 4.69) is 108 Å². The van der Waals surface area contributed by atoms with Crippen molar-refractivity contribution in [1.29, 1.82) is 0 Å². The fraction of sp³-hybridized carbons (Fsp3) is 0.0435. The zero-order chi connectivity index (χ0) is 34.3. The van der Waals surface area contributed by atoms with Crippen LogP contribution in [0.15, 0.2) is 162 Å². The molecule has 5 nitrogen and oxygen atoms in total. The minimum Gasteiger partial charge on any atom is -0.456 e. The summed E-state index contributed by atoms with van der Waals surface area (Å²) in [7, 11) is 0. The van der Waals surface area contributed by atoms with Crippen LogP contribution in [0.1, 0.15) is 11.4 Å². The van der Waals surface area contributed by atoms with Gasteiger partial charge in [-0.25, -0.2) is 15.0 Å². The van der Waals surface area contributed by atoms with E-state index < -0.39 is 0 Å². The monoisotopic (exact) mass is 656 g/mol. The Bertz CT molecular complexity index is 2620. The van der Waals surface area contributed by atoms with Gasteiger partial charge in [-0.1, -0.05) is 115 Å². The van der Waals surface area contributed by atoms with Crippen LogP contribution < -0.4 is 0 Å². The van der Waals surface area contributed by atoms with E-state index >= 15 is 0 Å². The third-order valence-electron chi connectivity index (χ3n) is 9.25. The van der Waals surface area contributed by atoms with Gasteiger partial charge in [-0.3, -0.25) is 4.98 Å². The van der Waals surface area contributed by atoms with Crippen molar-refractivity contribution in [2.45, 2.75) is 13.8 Å². The maximum absolute atomic E-state index is 6.31. The number of rotatable bonds is 6. The number of benzene rings is 6. The van der Waals surface area contributed by atoms with Crippen LogP contribution in [0.4, 0.5) is 0 Å². The summed E-state index contributed by atoms with van der Waals surface area (Å²) in [4.78, 5) is 20.3. The summed E-state index contributed by atoms with van der Waals surface area (Å²) >= 11 is 0. The number of hydrogen-bond acceptors (Lipinski definition) is 5. The van der Waals surface area contributed by atoms with E-state index in [9.17, 15) is 0 Å². The molecule has 0 atom stereocenters. The van der Waals surface area contributed by atoms with E-state index in [1.54, 1.807) is 0 Å². The number of aromatic nitrogens is 4. The second-order valence-corrected chi connectivity index (χ2v) is 12.8. The third-order valence-corrected chi connectivity index (χ3v) is 9.25. The van der Waals surface area contributed by atoms with Crippen LogP contribution in [0.2, 0.25) is 0 Å². The van der Waals surface area contributed by atoms with Crippen LogP contribution in [0.5, 0.6) is 0 Å². The number of hydrogen-bond donors (Lipinski definition) is 0. The summed E-state index contributed by atoms with van der Waals surface area (Å²) in [5, 5.41) is 2.13. The highest BCUT2D eigenvalue weighted by Crippen LogP contribution is 2.43. The fourth-order valence-corrected chi connectivity index (χ4v) is 6.95. The van der Waals surface area contributed by atoms with Crippen molar-refractivity contribution in [3.8, 4) is 67.5 Å². The molecule has 242 valence electrons. The molecule has 0 saturated heterocycles. The molecule has 0 N–H and O–H groups in total. The fourth-order valence-electron chi connectivity index (χ4n) is 6.95. The van der Waals surface area contributed by atoms with Crippen LogP contribution in [0, 0.1) is 13.8 Å². The second kappa shape index (κ2) is 12.6. The molecule has 0 bridgehead atoms. The number of nitrogens with zero attached hydrogens (tertiary/aromatic N) is 4. The van der Waals surface area contributed by atoms with Gasteiger partial charge in [0.25, 0.3) is 0 Å². The number of fused-ring (bicyclic) bond motifs is 3. The summed E-state index contributed by atoms with van der Waals surface area (Å²) in [5.41, 5.74) is 12.6. The molecule has 0 saturated carbocycles. The Hall–Kier alpha value is -6.72. The van der Waals surface area contributed by atoms with Crippen molar-refractivity contribution < 1.29 is 4.42 Å². The normalized spacial score (nSPS) is 11.3. The van der Waals surface area contributed by atoms with E-state index in [-0.39, 0.29) is 0 Å². The number of para-hydroxylation sites is 1. The predicted molar refractivity (Wildman–Crippen MR) is 207 cm³/mol. The molecule has 0 aliphatic heterocycles. The summed E-state index contributed by atoms with van der Waals surface area (Å²) < 4.78 is 6.31. The average molecular weight is 657 g/mol. The van der Waals surface area contributed by atoms with Crippen molar-refractivity contribution in [1.82, 2.24) is 19.9 Å². The first kappa shape index (κ1) is 30.3. The zero-order valence-electron chi connectivity index (χ0n) is 28.2. The molecule has 51 heavy (non-hydrogen) atoms. The van der Waals surface area contributed by atoms with E-state index in [4.69, 9.17) is 19.4 Å². The number of aryl methyl sites for hydroxylation is 2. The van der Waals surface area contributed by atoms with Gasteiger partial charge in [-0.15, -0.1) is 0 Å². The van der Waals surface area contributed by atoms with Crippen LogP contribution in [0.25, 0.3) is 89.5 Å². The highest BCUT2D eigenvalue weighted by molar-refractivity contribution is 6.05. The minimum absolute atomic E-state index is 0.564. The van der Waals surface area contributed by atoms with Gasteiger partial charge in [0, 0.05) is 38.9 Å². The van der Waals surface area contributed by atoms with E-state index in [0.717, 1.165) is 83.4 Å². The lowest BCUT2D eigenvalue weighted by Gasteiger charge is -2.19. The topological polar surface area (TPSA) is 64.7 Å². The smallest absolute Gasteiger partial charge is 0.165 e. The molecule has 0 amide bonds. The number of pyridine rings is 1. The van der Waals surface area contributed by atoms with Crippen molar-refractivity contribution in [2.24, 2.45) is 0 Å². The Morgan fingerprint density at radius 3 is 1.49 bits per heavy atom. The lowest BCUT2D eigenvalue weighted by molar-refractivity contribution is 0.669. The molecule has 0 spiro atoms. The molecular formula is C46H32N4O. The largest absolute Gasteiger partial charge is 0.456 e. The van der Waals surface area contributed by atoms with Gasteiger partial charge in [0.05, 0.1) is 0 Å². The van der Waals surface area contributed by atoms with Crippen LogP contribution in [-0.4, -0.2) is 19.9 Å². The lowest BCUT2D eigenvalue weighted by atomic mass is 9.87. The van der Waals surface area contributed by atoms with Crippen molar-refractivity contribution in [3.05, 3.63) is 169 Å². The average Bonchev–Trinajstić information content (AvgIpc) is 3.56. The molecular weight excluding hydrogens is 625 g/mol. The van der Waals surface area contributed by atoms with Crippen LogP contribution >= 0.6 is 0 Å². The molecule has 9 aromatic rings. The lowest BCUT2D eigenvalue weighted by Crippen LogP contribution is -2.03. The highest BCUT2D eigenvalue weighted by Gasteiger charge is 2.22. The SMILES string of the molecule is Cc1cc(-c2nc(-c3ccc4c(c3)oc3ccccc34)nc(-c3c(-c4ccccc4)cc(-c4ccccc4)cc3-c3ccccc3)n2)cc(C)n1. The standard InChI is InChI=1S/C46H32N4O/c1-29-24-36(25-30(2)47-29)45-48-44(34-22-23-38-37-20-12-13-21-41(37)51-42(38)28-34)49-46(50-45)43-39(32-16-8-4-9-17-32)26-35(31-14-6-3-7-15-31)27-40(43)33-18-10-5-11-19-33/h3-28H,1-2H3. The van der Waals surface area contributed by atoms with Gasteiger partial charge in [0.2, 0.25) is 0 Å². The van der Waals surface area contributed by atoms with E-state index in [0.29, 0.717) is 17.5 Å². The molecule has 6 aromatic carbocycles. The van der Waals surface area contributed by atoms with Crippen LogP contribution in [0.3, 0.4) is 0 Å². The third kappa shape index (κ3) is 5.75. The molecule has 3 heterocycles. The minimum atomic E-state index is 0.564. The predicted octanol–water partition coefficient (Wildman–Crippen LogP) is 11.8. The summed E-state index contributed by atoms with van der Waals surface area (Å²) in [6.07, 6.45) is 0. The van der Waals surface area contributed by atoms with Crippen LogP contribution in [-0.2, 0) is 0 Å². The Labute approximate surface area is 296 Å². The van der Waals surface area contributed by atoms with Gasteiger partial charge >= 0.3 is 0 Å². The molecule has 0 aliphatic carbocycles. The molecule has 5 heteroatoms. The summed E-state index contributed by atoms with van der Waals surface area (Å²) in [6, 6.07) is 54.4. The second-order valence-electron chi connectivity index (χ2n) is 12.8. The molecule has 0 unspecified atom stereocenters. The quantitative estimate of drug-likeness (QED) is 0.178. The highest BCUT2D eigenvalue weighted by atomic mass is 16.3. The first-order valence-corrected chi connectivity index (χ1v) is 17.1. The zero-order valence-corrected chi connectivity index (χ0v) is 28.2. The summed E-state index contributed by atoms with van der Waals surface area (Å²) in [5.74, 6) is 1.73. The van der Waals surface area contributed by atoms with E-state index in [1.165, 1.54) is 0 Å². The van der Waals surface area contributed by atoms with Crippen molar-refractivity contribution >= 4 is 21.9 Å². The van der Waals surface area contributed by atoms with E-state index in [1.807, 2.05) is 68.4 Å². The molecule has 0 aliphatic rings. The summed E-state index contributed by atoms with van der Waals surface area (Å²) in [6.45, 7) is 4.00. The van der Waals surface area contributed by atoms with Gasteiger partial charge in [-0.2, -0.15) is 0 Å². The molecule has 3 aromatic heterocycles. The van der Waals surface area contributed by atoms with Gasteiger partial charge in [-0.05, 0) is 89.7 Å². The Kier molecular flexibility index (Phi) is 7.51. The Morgan fingerprint density at radius 1 is 0.353 bits per heavy atom. The maximum Gasteiger partial charge on any atom is 0.165 e. The van der Waals surface area contributed by atoms with Gasteiger partial charge < -0.3 is 4.42 Å². The molecule has 0 radical (unpaired) electrons. The Balaban J connectivity index is 1.36. The molecule has 0 fully saturated rings. The number of furan rings is 1. The van der Waals surface area contributed by atoms with Crippen molar-refractivity contribution in [3.63, 3.8) is 0 Å². The maximum atomic E-state index is 6.31. The Morgan fingerprint density at radius 2 is 0.863 bits per heavy atom. The first-order chi connectivity index (χ1) is 25.1. The van der Waals surface area contributed by atoms with Gasteiger partial charge in [0.1, 0.15) is 11.2 Å². The van der Waals surface area contributed by atoms with Crippen molar-refractivity contribution in [2.75, 3.05) is 0 Å². The van der Waals surface area contributed by atoms with Gasteiger partial charge in [0.15, 0.2) is 17.5 Å². The first-order valence-electron chi connectivity index (χ1n) is 17.1.